The highest BCUT2D eigenvalue weighted by atomic mass is 16.5. The van der Waals surface area contributed by atoms with E-state index in [1.807, 2.05) is 6.92 Å². The highest BCUT2D eigenvalue weighted by molar-refractivity contribution is 5.82. The molecule has 0 N–H and O–H groups in total. The van der Waals surface area contributed by atoms with Gasteiger partial charge in [0, 0.05) is 13.0 Å². The van der Waals surface area contributed by atoms with Crippen LogP contribution in [0.4, 0.5) is 0 Å². The van der Waals surface area contributed by atoms with Crippen LogP contribution in [-0.4, -0.2) is 18.5 Å². The summed E-state index contributed by atoms with van der Waals surface area (Å²) < 4.78 is 5.78. The van der Waals surface area contributed by atoms with Crippen molar-refractivity contribution in [2.45, 2.75) is 168 Å². The van der Waals surface area contributed by atoms with E-state index in [0.717, 1.165) is 19.4 Å². The van der Waals surface area contributed by atoms with E-state index in [-0.39, 0.29) is 6.10 Å². The summed E-state index contributed by atoms with van der Waals surface area (Å²) in [5.41, 5.74) is 0. The minimum absolute atomic E-state index is 0.202. The minimum Gasteiger partial charge on any atom is -0.371 e. The van der Waals surface area contributed by atoms with Crippen molar-refractivity contribution in [1.82, 2.24) is 0 Å². The van der Waals surface area contributed by atoms with Gasteiger partial charge < -0.3 is 4.74 Å². The van der Waals surface area contributed by atoms with Crippen molar-refractivity contribution in [2.24, 2.45) is 0 Å². The summed E-state index contributed by atoms with van der Waals surface area (Å²) in [6.07, 6.45) is 28.5. The largest absolute Gasteiger partial charge is 0.371 e. The van der Waals surface area contributed by atoms with Crippen LogP contribution in [-0.2, 0) is 9.53 Å². The second kappa shape index (κ2) is 24.9. The van der Waals surface area contributed by atoms with Crippen LogP contribution >= 0.6 is 0 Å². The highest BCUT2D eigenvalue weighted by Crippen LogP contribution is 2.13. The van der Waals surface area contributed by atoms with Crippen LogP contribution in [0.1, 0.15) is 162 Å². The van der Waals surface area contributed by atoms with Crippen molar-refractivity contribution >= 4 is 5.78 Å². The van der Waals surface area contributed by atoms with Gasteiger partial charge in [-0.25, -0.2) is 0 Å². The van der Waals surface area contributed by atoms with Crippen molar-refractivity contribution < 1.29 is 9.53 Å². The molecule has 0 aromatic carbocycles. The van der Waals surface area contributed by atoms with Gasteiger partial charge in [0.25, 0.3) is 0 Å². The van der Waals surface area contributed by atoms with Crippen molar-refractivity contribution in [3.63, 3.8) is 0 Å². The topological polar surface area (TPSA) is 26.3 Å². The SMILES string of the molecule is CCCCCCCCCCCCCCOC(C)C(=O)CCCCCCCCCCC. The molecule has 0 spiro atoms. The first-order chi connectivity index (χ1) is 14.7. The predicted octanol–water partition coefficient (Wildman–Crippen LogP) is 9.58. The molecule has 30 heavy (non-hydrogen) atoms. The van der Waals surface area contributed by atoms with Crippen LogP contribution < -0.4 is 0 Å². The number of hydrogen-bond donors (Lipinski definition) is 0. The molecule has 1 atom stereocenters. The van der Waals surface area contributed by atoms with E-state index in [1.165, 1.54) is 122 Å². The number of carbonyl (C=O) groups excluding carboxylic acids is 1. The van der Waals surface area contributed by atoms with Gasteiger partial charge in [0.1, 0.15) is 6.10 Å². The maximum atomic E-state index is 12.2. The number of ether oxygens (including phenoxy) is 1. The van der Waals surface area contributed by atoms with Crippen LogP contribution in [0.3, 0.4) is 0 Å². The van der Waals surface area contributed by atoms with Crippen LogP contribution in [0.25, 0.3) is 0 Å². The maximum absolute atomic E-state index is 12.2. The van der Waals surface area contributed by atoms with Gasteiger partial charge in [-0.1, -0.05) is 136 Å². The van der Waals surface area contributed by atoms with Gasteiger partial charge in [-0.3, -0.25) is 4.79 Å². The Hall–Kier alpha value is -0.370. The molecule has 2 heteroatoms. The Morgan fingerprint density at radius 3 is 1.27 bits per heavy atom. The number of ketones is 1. The normalized spacial score (nSPS) is 12.4. The second-order valence-electron chi connectivity index (χ2n) is 9.45. The lowest BCUT2D eigenvalue weighted by atomic mass is 10.0. The Kier molecular flexibility index (Phi) is 24.6. The van der Waals surface area contributed by atoms with Gasteiger partial charge in [0.2, 0.25) is 0 Å². The molecule has 0 amide bonds. The van der Waals surface area contributed by atoms with E-state index < -0.39 is 0 Å². The Balaban J connectivity index is 3.29. The van der Waals surface area contributed by atoms with Gasteiger partial charge in [-0.05, 0) is 19.8 Å². The molecule has 2 nitrogen and oxygen atoms in total. The Labute approximate surface area is 190 Å². The fourth-order valence-corrected chi connectivity index (χ4v) is 4.11. The monoisotopic (exact) mass is 424 g/mol. The molecule has 0 aliphatic heterocycles. The van der Waals surface area contributed by atoms with E-state index >= 15 is 0 Å². The lowest BCUT2D eigenvalue weighted by Gasteiger charge is -2.12. The average Bonchev–Trinajstić information content (AvgIpc) is 2.75. The number of carbonyl (C=O) groups is 1. The predicted molar refractivity (Wildman–Crippen MR) is 133 cm³/mol. The van der Waals surface area contributed by atoms with Gasteiger partial charge >= 0.3 is 0 Å². The molecule has 0 bridgehead atoms. The number of Topliss-reactive ketones (excluding diaryl/α,β-unsaturated/α-hetero) is 1. The van der Waals surface area contributed by atoms with Crippen molar-refractivity contribution in [1.29, 1.82) is 0 Å². The fourth-order valence-electron chi connectivity index (χ4n) is 4.11. The lowest BCUT2D eigenvalue weighted by molar-refractivity contribution is -0.129. The molecule has 0 fully saturated rings. The first-order valence-corrected chi connectivity index (χ1v) is 13.9. The number of rotatable bonds is 25. The third-order valence-corrected chi connectivity index (χ3v) is 6.35. The zero-order valence-electron chi connectivity index (χ0n) is 21.2. The summed E-state index contributed by atoms with van der Waals surface area (Å²) in [6.45, 7) is 7.24. The zero-order valence-corrected chi connectivity index (χ0v) is 21.2. The van der Waals surface area contributed by atoms with Gasteiger partial charge in [-0.15, -0.1) is 0 Å². The number of hydrogen-bond acceptors (Lipinski definition) is 2. The van der Waals surface area contributed by atoms with E-state index in [0.29, 0.717) is 12.2 Å². The molecular weight excluding hydrogens is 368 g/mol. The summed E-state index contributed by atoms with van der Waals surface area (Å²) in [6, 6.07) is 0. The van der Waals surface area contributed by atoms with Crippen molar-refractivity contribution in [3.05, 3.63) is 0 Å². The molecule has 0 heterocycles. The van der Waals surface area contributed by atoms with Crippen LogP contribution in [0.2, 0.25) is 0 Å². The van der Waals surface area contributed by atoms with E-state index in [4.69, 9.17) is 4.74 Å². The standard InChI is InChI=1S/C28H56O2/c1-4-6-8-10-12-14-15-16-18-20-22-24-26-30-27(3)28(29)25-23-21-19-17-13-11-9-7-5-2/h27H,4-26H2,1-3H3. The minimum atomic E-state index is -0.202. The second-order valence-corrected chi connectivity index (χ2v) is 9.45. The van der Waals surface area contributed by atoms with Crippen molar-refractivity contribution in [3.8, 4) is 0 Å². The van der Waals surface area contributed by atoms with Gasteiger partial charge in [0.05, 0.1) is 0 Å². The van der Waals surface area contributed by atoms with Crippen LogP contribution in [0.15, 0.2) is 0 Å². The van der Waals surface area contributed by atoms with E-state index in [1.54, 1.807) is 0 Å². The molecular formula is C28H56O2. The van der Waals surface area contributed by atoms with Gasteiger partial charge in [0.15, 0.2) is 5.78 Å². The Morgan fingerprint density at radius 2 is 0.867 bits per heavy atom. The van der Waals surface area contributed by atoms with Crippen molar-refractivity contribution in [2.75, 3.05) is 6.61 Å². The summed E-state index contributed by atoms with van der Waals surface area (Å²) >= 11 is 0. The van der Waals surface area contributed by atoms with E-state index in [2.05, 4.69) is 13.8 Å². The maximum Gasteiger partial charge on any atom is 0.161 e. The quantitative estimate of drug-likeness (QED) is 0.136. The molecule has 0 aliphatic carbocycles. The van der Waals surface area contributed by atoms with Crippen LogP contribution in [0, 0.1) is 0 Å². The molecule has 0 aromatic heterocycles. The van der Waals surface area contributed by atoms with Gasteiger partial charge in [-0.2, -0.15) is 0 Å². The first-order valence-electron chi connectivity index (χ1n) is 13.9. The summed E-state index contributed by atoms with van der Waals surface area (Å²) in [5.74, 6) is 0.303. The summed E-state index contributed by atoms with van der Waals surface area (Å²) in [4.78, 5) is 12.2. The smallest absolute Gasteiger partial charge is 0.161 e. The molecule has 0 saturated heterocycles. The molecule has 180 valence electrons. The molecule has 0 radical (unpaired) electrons. The molecule has 0 saturated carbocycles. The summed E-state index contributed by atoms with van der Waals surface area (Å²) in [7, 11) is 0. The fraction of sp³-hybridized carbons (Fsp3) is 0.964. The first kappa shape index (κ1) is 29.6. The number of unbranched alkanes of at least 4 members (excludes halogenated alkanes) is 19. The molecule has 0 rings (SSSR count). The zero-order chi connectivity index (χ0) is 22.1. The summed E-state index contributed by atoms with van der Waals surface area (Å²) in [5, 5.41) is 0. The highest BCUT2D eigenvalue weighted by Gasteiger charge is 2.12. The Morgan fingerprint density at radius 1 is 0.533 bits per heavy atom. The third-order valence-electron chi connectivity index (χ3n) is 6.35. The molecule has 0 aliphatic rings. The van der Waals surface area contributed by atoms with E-state index in [9.17, 15) is 4.79 Å². The lowest BCUT2D eigenvalue weighted by Crippen LogP contribution is -2.21. The average molecular weight is 425 g/mol. The Bertz CT molecular complexity index is 340. The third kappa shape index (κ3) is 22.3. The molecule has 1 unspecified atom stereocenters. The molecule has 0 aromatic rings. The van der Waals surface area contributed by atoms with Crippen LogP contribution in [0.5, 0.6) is 0 Å².